The van der Waals surface area contributed by atoms with E-state index >= 15 is 0 Å². The van der Waals surface area contributed by atoms with Gasteiger partial charge in [-0.05, 0) is 17.7 Å². The van der Waals surface area contributed by atoms with Crippen molar-refractivity contribution in [1.29, 1.82) is 0 Å². The molecule has 0 amide bonds. The molecule has 2 heterocycles. The van der Waals surface area contributed by atoms with Crippen molar-refractivity contribution in [3.63, 3.8) is 0 Å². The van der Waals surface area contributed by atoms with Crippen LogP contribution in [-0.4, -0.2) is 16.5 Å². The average Bonchev–Trinajstić information content (AvgIpc) is 2.39. The predicted molar refractivity (Wildman–Crippen MR) is 66.6 cm³/mol. The fourth-order valence-electron chi connectivity index (χ4n) is 2.19. The highest BCUT2D eigenvalue weighted by Gasteiger charge is 2.11. The minimum absolute atomic E-state index is 0.213. The zero-order valence-electron chi connectivity index (χ0n) is 9.99. The predicted octanol–water partition coefficient (Wildman–Crippen LogP) is 1.85. The molecule has 3 nitrogen and oxygen atoms in total. The van der Waals surface area contributed by atoms with Gasteiger partial charge in [0.1, 0.15) is 11.6 Å². The SMILES string of the molecule is Fc1cccc(Cc2ncc3c(n2)CCNC3)c1. The van der Waals surface area contributed by atoms with Crippen molar-refractivity contribution < 1.29 is 4.39 Å². The molecule has 1 aliphatic rings. The average molecular weight is 243 g/mol. The first-order chi connectivity index (χ1) is 8.81. The molecule has 0 radical (unpaired) electrons. The summed E-state index contributed by atoms with van der Waals surface area (Å²) in [6, 6.07) is 6.59. The zero-order valence-corrected chi connectivity index (χ0v) is 9.99. The molecule has 0 aliphatic carbocycles. The largest absolute Gasteiger partial charge is 0.312 e. The van der Waals surface area contributed by atoms with Gasteiger partial charge in [0.05, 0.1) is 0 Å². The van der Waals surface area contributed by atoms with Crippen molar-refractivity contribution in [2.45, 2.75) is 19.4 Å². The summed E-state index contributed by atoms with van der Waals surface area (Å²) in [7, 11) is 0. The van der Waals surface area contributed by atoms with E-state index in [4.69, 9.17) is 0 Å². The summed E-state index contributed by atoms with van der Waals surface area (Å²) in [6.45, 7) is 1.80. The molecule has 92 valence electrons. The van der Waals surface area contributed by atoms with Gasteiger partial charge in [-0.3, -0.25) is 0 Å². The highest BCUT2D eigenvalue weighted by molar-refractivity contribution is 5.24. The molecule has 0 saturated heterocycles. The smallest absolute Gasteiger partial charge is 0.132 e. The van der Waals surface area contributed by atoms with Gasteiger partial charge in [0, 0.05) is 43.4 Å². The molecule has 0 fully saturated rings. The quantitative estimate of drug-likeness (QED) is 0.874. The molecule has 2 aromatic rings. The summed E-state index contributed by atoms with van der Waals surface area (Å²) in [5.41, 5.74) is 3.20. The van der Waals surface area contributed by atoms with Crippen LogP contribution in [0.4, 0.5) is 4.39 Å². The van der Waals surface area contributed by atoms with Gasteiger partial charge in [-0.1, -0.05) is 12.1 Å². The number of nitrogens with one attached hydrogen (secondary N) is 1. The van der Waals surface area contributed by atoms with Gasteiger partial charge in [-0.15, -0.1) is 0 Å². The Morgan fingerprint density at radius 2 is 2.28 bits per heavy atom. The van der Waals surface area contributed by atoms with Crippen LogP contribution >= 0.6 is 0 Å². The van der Waals surface area contributed by atoms with E-state index in [1.807, 2.05) is 12.3 Å². The number of rotatable bonds is 2. The van der Waals surface area contributed by atoms with Crippen LogP contribution in [0.5, 0.6) is 0 Å². The fraction of sp³-hybridized carbons (Fsp3) is 0.286. The maximum absolute atomic E-state index is 13.1. The molecule has 0 spiro atoms. The van der Waals surface area contributed by atoms with Crippen molar-refractivity contribution in [1.82, 2.24) is 15.3 Å². The van der Waals surface area contributed by atoms with Gasteiger partial charge in [-0.2, -0.15) is 0 Å². The third kappa shape index (κ3) is 2.38. The van der Waals surface area contributed by atoms with E-state index in [1.165, 1.54) is 17.7 Å². The van der Waals surface area contributed by atoms with Gasteiger partial charge in [0.25, 0.3) is 0 Å². The van der Waals surface area contributed by atoms with E-state index in [1.54, 1.807) is 6.07 Å². The lowest BCUT2D eigenvalue weighted by Gasteiger charge is -2.16. The summed E-state index contributed by atoms with van der Waals surface area (Å²) in [5.74, 6) is 0.552. The summed E-state index contributed by atoms with van der Waals surface area (Å²) in [5, 5.41) is 3.29. The van der Waals surface area contributed by atoms with Gasteiger partial charge in [-0.25, -0.2) is 14.4 Å². The fourth-order valence-corrected chi connectivity index (χ4v) is 2.19. The van der Waals surface area contributed by atoms with E-state index in [-0.39, 0.29) is 5.82 Å². The standard InChI is InChI=1S/C14H14FN3/c15-12-3-1-2-10(6-12)7-14-17-9-11-8-16-5-4-13(11)18-14/h1-3,6,9,16H,4-5,7-8H2. The lowest BCUT2D eigenvalue weighted by atomic mass is 10.1. The van der Waals surface area contributed by atoms with E-state index in [9.17, 15) is 4.39 Å². The molecule has 0 unspecified atom stereocenters. The molecule has 18 heavy (non-hydrogen) atoms. The Balaban J connectivity index is 1.85. The molecular formula is C14H14FN3. The van der Waals surface area contributed by atoms with E-state index in [0.29, 0.717) is 6.42 Å². The number of benzene rings is 1. The third-order valence-corrected chi connectivity index (χ3v) is 3.11. The molecule has 0 bridgehead atoms. The van der Waals surface area contributed by atoms with Crippen LogP contribution < -0.4 is 5.32 Å². The summed E-state index contributed by atoms with van der Waals surface area (Å²) in [4.78, 5) is 8.91. The van der Waals surface area contributed by atoms with Crippen molar-refractivity contribution in [2.24, 2.45) is 0 Å². The highest BCUT2D eigenvalue weighted by Crippen LogP contribution is 2.13. The molecule has 0 atom stereocenters. The summed E-state index contributed by atoms with van der Waals surface area (Å²) >= 11 is 0. The Hall–Kier alpha value is -1.81. The minimum Gasteiger partial charge on any atom is -0.312 e. The first-order valence-corrected chi connectivity index (χ1v) is 6.10. The Kier molecular flexibility index (Phi) is 3.02. The monoisotopic (exact) mass is 243 g/mol. The molecular weight excluding hydrogens is 229 g/mol. The van der Waals surface area contributed by atoms with Gasteiger partial charge in [0.15, 0.2) is 0 Å². The maximum atomic E-state index is 13.1. The molecule has 1 aliphatic heterocycles. The first kappa shape index (κ1) is 11.3. The minimum atomic E-state index is -0.213. The highest BCUT2D eigenvalue weighted by atomic mass is 19.1. The lowest BCUT2D eigenvalue weighted by molar-refractivity contribution is 0.619. The van der Waals surface area contributed by atoms with Gasteiger partial charge >= 0.3 is 0 Å². The van der Waals surface area contributed by atoms with Crippen LogP contribution in [-0.2, 0) is 19.4 Å². The maximum Gasteiger partial charge on any atom is 0.132 e. The van der Waals surface area contributed by atoms with Crippen LogP contribution in [0.25, 0.3) is 0 Å². The number of aromatic nitrogens is 2. The number of fused-ring (bicyclic) bond motifs is 1. The topological polar surface area (TPSA) is 37.8 Å². The summed E-state index contributed by atoms with van der Waals surface area (Å²) < 4.78 is 13.1. The molecule has 1 N–H and O–H groups in total. The Bertz CT molecular complexity index is 569. The summed E-state index contributed by atoms with van der Waals surface area (Å²) in [6.07, 6.45) is 3.40. The third-order valence-electron chi connectivity index (χ3n) is 3.11. The van der Waals surface area contributed by atoms with Gasteiger partial charge in [0.2, 0.25) is 0 Å². The van der Waals surface area contributed by atoms with Crippen LogP contribution in [0.3, 0.4) is 0 Å². The van der Waals surface area contributed by atoms with E-state index in [0.717, 1.165) is 36.6 Å². The van der Waals surface area contributed by atoms with Crippen LogP contribution in [0.2, 0.25) is 0 Å². The second-order valence-corrected chi connectivity index (χ2v) is 4.49. The van der Waals surface area contributed by atoms with Crippen molar-refractivity contribution in [2.75, 3.05) is 6.54 Å². The second kappa shape index (κ2) is 4.82. The zero-order chi connectivity index (χ0) is 12.4. The van der Waals surface area contributed by atoms with E-state index in [2.05, 4.69) is 15.3 Å². The molecule has 3 rings (SSSR count). The number of halogens is 1. The lowest BCUT2D eigenvalue weighted by Crippen LogP contribution is -2.25. The molecule has 1 aromatic carbocycles. The number of nitrogens with zero attached hydrogens (tertiary/aromatic N) is 2. The number of hydrogen-bond acceptors (Lipinski definition) is 3. The Morgan fingerprint density at radius 1 is 1.33 bits per heavy atom. The number of hydrogen-bond donors (Lipinski definition) is 1. The van der Waals surface area contributed by atoms with Crippen molar-refractivity contribution in [3.8, 4) is 0 Å². The van der Waals surface area contributed by atoms with Gasteiger partial charge < -0.3 is 5.32 Å². The molecule has 4 heteroatoms. The van der Waals surface area contributed by atoms with Crippen LogP contribution in [0, 0.1) is 5.82 Å². The van der Waals surface area contributed by atoms with Crippen LogP contribution in [0.15, 0.2) is 30.5 Å². The Labute approximate surface area is 105 Å². The molecule has 1 aromatic heterocycles. The Morgan fingerprint density at radius 3 is 3.17 bits per heavy atom. The van der Waals surface area contributed by atoms with Crippen molar-refractivity contribution in [3.05, 3.63) is 58.9 Å². The second-order valence-electron chi connectivity index (χ2n) is 4.49. The molecule has 0 saturated carbocycles. The normalized spacial score (nSPS) is 14.3. The first-order valence-electron chi connectivity index (χ1n) is 6.10. The van der Waals surface area contributed by atoms with E-state index < -0.39 is 0 Å². The van der Waals surface area contributed by atoms with Crippen LogP contribution in [0.1, 0.15) is 22.6 Å². The van der Waals surface area contributed by atoms with Crippen molar-refractivity contribution >= 4 is 0 Å².